The van der Waals surface area contributed by atoms with Crippen molar-refractivity contribution < 1.29 is 14.6 Å². The van der Waals surface area contributed by atoms with E-state index in [4.69, 9.17) is 16.3 Å². The van der Waals surface area contributed by atoms with Gasteiger partial charge in [-0.05, 0) is 36.9 Å². The molecule has 0 amide bonds. The number of rotatable bonds is 6. The molecule has 116 valence electrons. The molecule has 0 bridgehead atoms. The molecular weight excluding hydrogens is 304 g/mol. The van der Waals surface area contributed by atoms with E-state index >= 15 is 0 Å². The number of likely N-dealkylation sites (N-methyl/N-ethyl adjacent to an activating group) is 1. The van der Waals surface area contributed by atoms with Crippen molar-refractivity contribution in [2.45, 2.75) is 12.6 Å². The second kappa shape index (κ2) is 7.24. The van der Waals surface area contributed by atoms with Crippen molar-refractivity contribution in [2.24, 2.45) is 0 Å². The van der Waals surface area contributed by atoms with Gasteiger partial charge in [0, 0.05) is 12.7 Å². The van der Waals surface area contributed by atoms with E-state index in [0.717, 1.165) is 5.69 Å². The van der Waals surface area contributed by atoms with Crippen LogP contribution in [0, 0.1) is 0 Å². The van der Waals surface area contributed by atoms with Crippen molar-refractivity contribution in [1.82, 2.24) is 9.88 Å². The Morgan fingerprint density at radius 2 is 2.18 bits per heavy atom. The van der Waals surface area contributed by atoms with Gasteiger partial charge in [0.15, 0.2) is 0 Å². The molecule has 0 saturated carbocycles. The van der Waals surface area contributed by atoms with Gasteiger partial charge in [0.2, 0.25) is 0 Å². The summed E-state index contributed by atoms with van der Waals surface area (Å²) < 4.78 is 5.09. The fourth-order valence-electron chi connectivity index (χ4n) is 2.28. The van der Waals surface area contributed by atoms with Crippen molar-refractivity contribution in [2.75, 3.05) is 14.2 Å². The van der Waals surface area contributed by atoms with Gasteiger partial charge in [0.25, 0.3) is 0 Å². The Kier molecular flexibility index (Phi) is 5.35. The first-order chi connectivity index (χ1) is 10.5. The summed E-state index contributed by atoms with van der Waals surface area (Å²) in [6.07, 6.45) is 1.68. The van der Waals surface area contributed by atoms with Gasteiger partial charge < -0.3 is 9.84 Å². The van der Waals surface area contributed by atoms with Crippen LogP contribution in [0.15, 0.2) is 42.6 Å². The third kappa shape index (κ3) is 3.75. The van der Waals surface area contributed by atoms with Gasteiger partial charge in [-0.15, -0.1) is 0 Å². The van der Waals surface area contributed by atoms with E-state index in [-0.39, 0.29) is 0 Å². The number of ether oxygens (including phenoxy) is 1. The first-order valence-electron chi connectivity index (χ1n) is 6.69. The predicted molar refractivity (Wildman–Crippen MR) is 84.1 cm³/mol. The number of benzene rings is 1. The van der Waals surface area contributed by atoms with Gasteiger partial charge in [-0.25, -0.2) is 0 Å². The second-order valence-electron chi connectivity index (χ2n) is 4.87. The maximum absolute atomic E-state index is 11.7. The van der Waals surface area contributed by atoms with Gasteiger partial charge in [0.1, 0.15) is 11.8 Å². The zero-order valence-electron chi connectivity index (χ0n) is 12.4. The minimum Gasteiger partial charge on any atom is -0.495 e. The Bertz CT molecular complexity index is 649. The molecule has 2 aromatic rings. The number of carboxylic acids is 1. The van der Waals surface area contributed by atoms with Gasteiger partial charge in [-0.2, -0.15) is 0 Å². The zero-order valence-corrected chi connectivity index (χ0v) is 13.1. The second-order valence-corrected chi connectivity index (χ2v) is 5.28. The van der Waals surface area contributed by atoms with E-state index in [0.29, 0.717) is 22.9 Å². The molecule has 0 radical (unpaired) electrons. The van der Waals surface area contributed by atoms with Crippen molar-refractivity contribution in [1.29, 1.82) is 0 Å². The Hall–Kier alpha value is -2.11. The maximum atomic E-state index is 11.7. The Morgan fingerprint density at radius 3 is 2.73 bits per heavy atom. The number of hydrogen-bond donors (Lipinski definition) is 1. The molecule has 5 nitrogen and oxygen atoms in total. The molecule has 1 aromatic heterocycles. The molecule has 0 spiro atoms. The summed E-state index contributed by atoms with van der Waals surface area (Å²) in [7, 11) is 3.26. The van der Waals surface area contributed by atoms with Gasteiger partial charge in [-0.3, -0.25) is 14.7 Å². The van der Waals surface area contributed by atoms with Gasteiger partial charge >= 0.3 is 5.97 Å². The van der Waals surface area contributed by atoms with E-state index in [2.05, 4.69) is 4.98 Å². The fourth-order valence-corrected chi connectivity index (χ4v) is 2.54. The van der Waals surface area contributed by atoms with Gasteiger partial charge in [0.05, 0.1) is 17.8 Å². The van der Waals surface area contributed by atoms with Crippen LogP contribution >= 0.6 is 11.6 Å². The first kappa shape index (κ1) is 16.3. The lowest BCUT2D eigenvalue weighted by Gasteiger charge is -2.25. The number of pyridine rings is 1. The lowest BCUT2D eigenvalue weighted by atomic mass is 10.1. The Labute approximate surface area is 134 Å². The molecule has 1 heterocycles. The molecule has 1 atom stereocenters. The lowest BCUT2D eigenvalue weighted by molar-refractivity contribution is -0.143. The van der Waals surface area contributed by atoms with E-state index in [1.54, 1.807) is 36.3 Å². The highest BCUT2D eigenvalue weighted by Gasteiger charge is 2.25. The molecule has 0 unspecified atom stereocenters. The quantitative estimate of drug-likeness (QED) is 0.886. The van der Waals surface area contributed by atoms with Crippen LogP contribution < -0.4 is 4.74 Å². The minimum absolute atomic E-state index is 0.387. The molecule has 1 N–H and O–H groups in total. The molecule has 0 saturated heterocycles. The van der Waals surface area contributed by atoms with E-state index in [1.807, 2.05) is 18.2 Å². The molecule has 2 rings (SSSR count). The summed E-state index contributed by atoms with van der Waals surface area (Å²) >= 11 is 6.09. The number of hydrogen-bond acceptors (Lipinski definition) is 4. The van der Waals surface area contributed by atoms with Crippen LogP contribution in [0.2, 0.25) is 5.02 Å². The first-order valence-corrected chi connectivity index (χ1v) is 7.07. The topological polar surface area (TPSA) is 62.7 Å². The summed E-state index contributed by atoms with van der Waals surface area (Å²) in [6, 6.07) is 9.73. The van der Waals surface area contributed by atoms with Crippen LogP contribution in [0.4, 0.5) is 0 Å². The van der Waals surface area contributed by atoms with Crippen molar-refractivity contribution in [3.8, 4) is 5.75 Å². The number of aromatic nitrogens is 1. The van der Waals surface area contributed by atoms with Crippen molar-refractivity contribution in [3.05, 3.63) is 58.9 Å². The third-order valence-electron chi connectivity index (χ3n) is 3.30. The van der Waals surface area contributed by atoms with Crippen LogP contribution in [-0.2, 0) is 11.3 Å². The van der Waals surface area contributed by atoms with Crippen LogP contribution in [-0.4, -0.2) is 35.1 Å². The molecular formula is C16H17ClN2O3. The summed E-state index contributed by atoms with van der Waals surface area (Å²) in [5, 5.41) is 9.94. The van der Waals surface area contributed by atoms with Crippen LogP contribution in [0.1, 0.15) is 17.3 Å². The lowest BCUT2D eigenvalue weighted by Crippen LogP contribution is -2.30. The smallest absolute Gasteiger partial charge is 0.325 e. The van der Waals surface area contributed by atoms with Crippen LogP contribution in [0.5, 0.6) is 5.75 Å². The Morgan fingerprint density at radius 1 is 1.41 bits per heavy atom. The highest BCUT2D eigenvalue weighted by molar-refractivity contribution is 6.32. The summed E-state index contributed by atoms with van der Waals surface area (Å²) in [4.78, 5) is 17.6. The van der Waals surface area contributed by atoms with Crippen molar-refractivity contribution in [3.63, 3.8) is 0 Å². The monoisotopic (exact) mass is 320 g/mol. The molecule has 6 heteroatoms. The largest absolute Gasteiger partial charge is 0.495 e. The van der Waals surface area contributed by atoms with Crippen molar-refractivity contribution >= 4 is 17.6 Å². The molecule has 1 aromatic carbocycles. The van der Waals surface area contributed by atoms with Crippen LogP contribution in [0.25, 0.3) is 0 Å². The highest BCUT2D eigenvalue weighted by Crippen LogP contribution is 2.30. The maximum Gasteiger partial charge on any atom is 0.325 e. The Balaban J connectivity index is 2.26. The number of aliphatic carboxylic acids is 1. The number of methoxy groups -OCH3 is 1. The molecule has 0 aliphatic rings. The minimum atomic E-state index is -0.945. The van der Waals surface area contributed by atoms with Gasteiger partial charge in [-0.1, -0.05) is 23.7 Å². The summed E-state index contributed by atoms with van der Waals surface area (Å²) in [5.74, 6) is -0.429. The summed E-state index contributed by atoms with van der Waals surface area (Å²) in [6.45, 7) is 0.418. The number of nitrogens with zero attached hydrogens (tertiary/aromatic N) is 2. The average molecular weight is 321 g/mol. The van der Waals surface area contributed by atoms with E-state index < -0.39 is 12.0 Å². The SMILES string of the molecule is COc1ccc([C@H](C(=O)O)N(C)Cc2ccccn2)cc1Cl. The fraction of sp³-hybridized carbons (Fsp3) is 0.250. The number of carboxylic acid groups (broad SMARTS) is 1. The van der Waals surface area contributed by atoms with Crippen LogP contribution in [0.3, 0.4) is 0 Å². The molecule has 0 aliphatic heterocycles. The average Bonchev–Trinajstić information content (AvgIpc) is 2.48. The molecule has 0 fully saturated rings. The molecule has 22 heavy (non-hydrogen) atoms. The van der Waals surface area contributed by atoms with E-state index in [1.165, 1.54) is 7.11 Å². The number of halogens is 1. The number of carbonyl (C=O) groups is 1. The highest BCUT2D eigenvalue weighted by atomic mass is 35.5. The standard InChI is InChI=1S/C16H17ClN2O3/c1-19(10-12-5-3-4-8-18-12)15(16(20)21)11-6-7-14(22-2)13(17)9-11/h3-9,15H,10H2,1-2H3,(H,20,21)/t15-/m1/s1. The zero-order chi connectivity index (χ0) is 16.1. The predicted octanol–water partition coefficient (Wildman–Crippen LogP) is 3.00. The normalized spacial score (nSPS) is 12.2. The summed E-state index contributed by atoms with van der Waals surface area (Å²) in [5.41, 5.74) is 1.40. The third-order valence-corrected chi connectivity index (χ3v) is 3.60. The van der Waals surface area contributed by atoms with E-state index in [9.17, 15) is 9.90 Å². The molecule has 0 aliphatic carbocycles.